The summed E-state index contributed by atoms with van der Waals surface area (Å²) in [5, 5.41) is 9.74. The van der Waals surface area contributed by atoms with E-state index in [-0.39, 0.29) is 6.54 Å². The number of fused-ring (bicyclic) bond motifs is 1. The highest BCUT2D eigenvalue weighted by atomic mass is 19.4. The Kier molecular flexibility index (Phi) is 3.93. The second-order valence-electron chi connectivity index (χ2n) is 4.17. The van der Waals surface area contributed by atoms with Crippen LogP contribution in [-0.2, 0) is 4.74 Å². The zero-order valence-corrected chi connectivity index (χ0v) is 10.5. The van der Waals surface area contributed by atoms with Gasteiger partial charge in [-0.1, -0.05) is 0 Å². The molecule has 2 N–H and O–H groups in total. The third-order valence-electron chi connectivity index (χ3n) is 2.68. The average Bonchev–Trinajstić information content (AvgIpc) is 2.79. The summed E-state index contributed by atoms with van der Waals surface area (Å²) in [6.45, 7) is 0.894. The Hall–Kier alpha value is -2.09. The molecule has 0 fully saturated rings. The van der Waals surface area contributed by atoms with E-state index in [0.29, 0.717) is 11.1 Å². The van der Waals surface area contributed by atoms with Gasteiger partial charge in [-0.2, -0.15) is 5.10 Å². The molecule has 5 nitrogen and oxygen atoms in total. The maximum absolute atomic E-state index is 11.9. The molecule has 0 bridgehead atoms. The van der Waals surface area contributed by atoms with Crippen molar-refractivity contribution >= 4 is 16.8 Å². The summed E-state index contributed by atoms with van der Waals surface area (Å²) in [4.78, 5) is 11.9. The average molecular weight is 287 g/mol. The monoisotopic (exact) mass is 287 g/mol. The fourth-order valence-electron chi connectivity index (χ4n) is 1.77. The molecule has 1 amide bonds. The minimum Gasteiger partial charge on any atom is -0.350 e. The van der Waals surface area contributed by atoms with Crippen molar-refractivity contribution in [2.45, 2.75) is 13.3 Å². The van der Waals surface area contributed by atoms with Crippen molar-refractivity contribution < 1.29 is 22.7 Å². The molecule has 2 aromatic rings. The molecule has 0 spiro atoms. The van der Waals surface area contributed by atoms with E-state index in [4.69, 9.17) is 0 Å². The van der Waals surface area contributed by atoms with Gasteiger partial charge in [0.15, 0.2) is 0 Å². The number of aromatic nitrogens is 2. The third kappa shape index (κ3) is 3.47. The fourth-order valence-corrected chi connectivity index (χ4v) is 1.77. The van der Waals surface area contributed by atoms with Crippen molar-refractivity contribution in [3.05, 3.63) is 29.5 Å². The van der Waals surface area contributed by atoms with Crippen LogP contribution in [-0.4, -0.2) is 35.6 Å². The molecule has 108 valence electrons. The fraction of sp³-hybridized carbons (Fsp3) is 0.333. The van der Waals surface area contributed by atoms with Gasteiger partial charge in [0.25, 0.3) is 5.91 Å². The number of hydrogen-bond donors (Lipinski definition) is 2. The summed E-state index contributed by atoms with van der Waals surface area (Å²) in [5.74, 6) is -0.448. The van der Waals surface area contributed by atoms with Gasteiger partial charge in [-0.15, -0.1) is 13.2 Å². The van der Waals surface area contributed by atoms with Crippen molar-refractivity contribution in [2.75, 3.05) is 13.2 Å². The number of ether oxygens (including phenoxy) is 1. The molecule has 0 aliphatic rings. The largest absolute Gasteiger partial charge is 0.522 e. The van der Waals surface area contributed by atoms with Crippen LogP contribution in [0.4, 0.5) is 13.2 Å². The number of nitrogens with zero attached hydrogens (tertiary/aromatic N) is 1. The molecule has 0 unspecified atom stereocenters. The van der Waals surface area contributed by atoms with Gasteiger partial charge in [-0.25, -0.2) is 0 Å². The Morgan fingerprint density at radius 2 is 2.20 bits per heavy atom. The maximum Gasteiger partial charge on any atom is 0.522 e. The smallest absolute Gasteiger partial charge is 0.350 e. The highest BCUT2D eigenvalue weighted by Crippen LogP contribution is 2.18. The van der Waals surface area contributed by atoms with Gasteiger partial charge in [0.1, 0.15) is 0 Å². The van der Waals surface area contributed by atoms with Crippen LogP contribution >= 0.6 is 0 Å². The predicted molar refractivity (Wildman–Crippen MR) is 65.2 cm³/mol. The molecule has 1 heterocycles. The number of carbonyl (C=O) groups excluding carboxylic acids is 1. The van der Waals surface area contributed by atoms with E-state index >= 15 is 0 Å². The van der Waals surface area contributed by atoms with Crippen molar-refractivity contribution in [2.24, 2.45) is 0 Å². The normalized spacial score (nSPS) is 11.8. The summed E-state index contributed by atoms with van der Waals surface area (Å²) in [6.07, 6.45) is -3.12. The Morgan fingerprint density at radius 3 is 2.90 bits per heavy atom. The van der Waals surface area contributed by atoms with E-state index in [1.54, 1.807) is 25.3 Å². The van der Waals surface area contributed by atoms with E-state index in [1.165, 1.54) is 0 Å². The van der Waals surface area contributed by atoms with E-state index < -0.39 is 18.9 Å². The van der Waals surface area contributed by atoms with Gasteiger partial charge in [-0.3, -0.25) is 14.6 Å². The lowest BCUT2D eigenvalue weighted by molar-refractivity contribution is -0.323. The van der Waals surface area contributed by atoms with Gasteiger partial charge in [-0.05, 0) is 24.6 Å². The van der Waals surface area contributed by atoms with Crippen LogP contribution in [0.15, 0.2) is 18.3 Å². The molecule has 0 saturated carbocycles. The molecular formula is C12H12F3N3O2. The summed E-state index contributed by atoms with van der Waals surface area (Å²) in [7, 11) is 0. The van der Waals surface area contributed by atoms with E-state index in [9.17, 15) is 18.0 Å². The topological polar surface area (TPSA) is 67.0 Å². The summed E-state index contributed by atoms with van der Waals surface area (Å²) in [6, 6.07) is 3.39. The Morgan fingerprint density at radius 1 is 1.45 bits per heavy atom. The Bertz CT molecular complexity index is 622. The quantitative estimate of drug-likeness (QED) is 0.847. The second-order valence-corrected chi connectivity index (χ2v) is 4.17. The standard InChI is InChI=1S/C12H12F3N3O2/c1-7-4-10-8(6-17-18-10)5-9(7)11(19)16-2-3-20-12(13,14)15/h4-6H,2-3H2,1H3,(H,16,19)(H,17,18). The molecule has 0 radical (unpaired) electrons. The van der Waals surface area contributed by atoms with E-state index in [1.807, 2.05) is 0 Å². The van der Waals surface area contributed by atoms with Crippen molar-refractivity contribution in [3.63, 3.8) is 0 Å². The number of aromatic amines is 1. The minimum atomic E-state index is -4.68. The van der Waals surface area contributed by atoms with Gasteiger partial charge >= 0.3 is 6.36 Å². The zero-order valence-electron chi connectivity index (χ0n) is 10.5. The first kappa shape index (κ1) is 14.3. The van der Waals surface area contributed by atoms with Crippen LogP contribution in [0.25, 0.3) is 10.9 Å². The predicted octanol–water partition coefficient (Wildman–Crippen LogP) is 2.14. The number of nitrogens with one attached hydrogen (secondary N) is 2. The third-order valence-corrected chi connectivity index (χ3v) is 2.68. The van der Waals surface area contributed by atoms with Crippen molar-refractivity contribution in [1.29, 1.82) is 0 Å². The van der Waals surface area contributed by atoms with Crippen molar-refractivity contribution in [1.82, 2.24) is 15.5 Å². The molecule has 2 rings (SSSR count). The van der Waals surface area contributed by atoms with Gasteiger partial charge in [0.05, 0.1) is 18.3 Å². The SMILES string of the molecule is Cc1cc2[nH]ncc2cc1C(=O)NCCOC(F)(F)F. The van der Waals surface area contributed by atoms with Crippen LogP contribution in [0.2, 0.25) is 0 Å². The first-order chi connectivity index (χ1) is 9.37. The molecule has 0 aliphatic carbocycles. The minimum absolute atomic E-state index is 0.221. The highest BCUT2D eigenvalue weighted by molar-refractivity contribution is 5.99. The van der Waals surface area contributed by atoms with Crippen LogP contribution in [0.1, 0.15) is 15.9 Å². The number of H-pyrrole nitrogens is 1. The van der Waals surface area contributed by atoms with Gasteiger partial charge < -0.3 is 5.32 Å². The molecule has 1 aromatic carbocycles. The number of rotatable bonds is 4. The molecule has 8 heteroatoms. The van der Waals surface area contributed by atoms with Crippen molar-refractivity contribution in [3.8, 4) is 0 Å². The molecule has 0 saturated heterocycles. The van der Waals surface area contributed by atoms with Gasteiger partial charge in [0.2, 0.25) is 0 Å². The van der Waals surface area contributed by atoms with Crippen LogP contribution < -0.4 is 5.32 Å². The molecular weight excluding hydrogens is 275 g/mol. The lowest BCUT2D eigenvalue weighted by Crippen LogP contribution is -2.29. The first-order valence-electron chi connectivity index (χ1n) is 5.79. The summed E-state index contributed by atoms with van der Waals surface area (Å²) < 4.78 is 38.9. The number of halogens is 3. The molecule has 0 atom stereocenters. The zero-order chi connectivity index (χ0) is 14.8. The second kappa shape index (κ2) is 5.49. The highest BCUT2D eigenvalue weighted by Gasteiger charge is 2.28. The van der Waals surface area contributed by atoms with E-state index in [0.717, 1.165) is 10.9 Å². The number of aryl methyl sites for hydroxylation is 1. The molecule has 0 aliphatic heterocycles. The number of benzene rings is 1. The Labute approximate surface area is 112 Å². The molecule has 1 aromatic heterocycles. The lowest BCUT2D eigenvalue weighted by atomic mass is 10.1. The first-order valence-corrected chi connectivity index (χ1v) is 5.79. The Balaban J connectivity index is 1.98. The van der Waals surface area contributed by atoms with Crippen LogP contribution in [0, 0.1) is 6.92 Å². The molecule has 20 heavy (non-hydrogen) atoms. The summed E-state index contributed by atoms with van der Waals surface area (Å²) >= 11 is 0. The van der Waals surface area contributed by atoms with Crippen LogP contribution in [0.5, 0.6) is 0 Å². The van der Waals surface area contributed by atoms with E-state index in [2.05, 4.69) is 20.3 Å². The number of carbonyl (C=O) groups is 1. The maximum atomic E-state index is 11.9. The number of amides is 1. The number of alkyl halides is 3. The lowest BCUT2D eigenvalue weighted by Gasteiger charge is -2.09. The van der Waals surface area contributed by atoms with Crippen LogP contribution in [0.3, 0.4) is 0 Å². The number of hydrogen-bond acceptors (Lipinski definition) is 3. The summed E-state index contributed by atoms with van der Waals surface area (Å²) in [5.41, 5.74) is 1.89. The van der Waals surface area contributed by atoms with Gasteiger partial charge in [0, 0.05) is 17.5 Å².